The second kappa shape index (κ2) is 2.66. The fourth-order valence-electron chi connectivity index (χ4n) is 1.05. The molecule has 3 heteroatoms. The van der Waals surface area contributed by atoms with Crippen LogP contribution in [0.15, 0.2) is 0 Å². The number of Topliss-reactive ketones (excluding diaryl/α,β-unsaturated/α-hetero) is 1. The van der Waals surface area contributed by atoms with Gasteiger partial charge >= 0.3 is 0 Å². The van der Waals surface area contributed by atoms with Crippen LogP contribution in [0.1, 0.15) is 19.8 Å². The SMILES string of the molecule is CC(=O)C1(F)CCOCC1. The Kier molecular flexibility index (Phi) is 2.04. The van der Waals surface area contributed by atoms with Crippen LogP contribution in [0.25, 0.3) is 0 Å². The van der Waals surface area contributed by atoms with E-state index in [1.807, 2.05) is 0 Å². The average Bonchev–Trinajstić information content (AvgIpc) is 1.89. The Morgan fingerprint density at radius 2 is 2.00 bits per heavy atom. The van der Waals surface area contributed by atoms with E-state index in [0.29, 0.717) is 13.2 Å². The van der Waals surface area contributed by atoms with Crippen LogP contribution < -0.4 is 0 Å². The van der Waals surface area contributed by atoms with Crippen molar-refractivity contribution in [3.05, 3.63) is 0 Å². The van der Waals surface area contributed by atoms with Crippen LogP contribution in [-0.4, -0.2) is 24.7 Å². The summed E-state index contributed by atoms with van der Waals surface area (Å²) in [6.45, 7) is 2.04. The summed E-state index contributed by atoms with van der Waals surface area (Å²) in [7, 11) is 0. The molecule has 1 aliphatic rings. The number of carbonyl (C=O) groups excluding carboxylic acids is 1. The summed E-state index contributed by atoms with van der Waals surface area (Å²) >= 11 is 0. The maximum Gasteiger partial charge on any atom is 0.172 e. The van der Waals surface area contributed by atoms with Crippen molar-refractivity contribution >= 4 is 5.78 Å². The molecule has 1 saturated heterocycles. The van der Waals surface area contributed by atoms with E-state index < -0.39 is 5.67 Å². The monoisotopic (exact) mass is 146 g/mol. The van der Waals surface area contributed by atoms with Gasteiger partial charge in [0.05, 0.1) is 13.2 Å². The molecule has 0 unspecified atom stereocenters. The molecule has 1 fully saturated rings. The van der Waals surface area contributed by atoms with E-state index in [1.165, 1.54) is 6.92 Å². The van der Waals surface area contributed by atoms with Crippen molar-refractivity contribution in [1.82, 2.24) is 0 Å². The molecular formula is C7H11FO2. The number of carbonyl (C=O) groups is 1. The lowest BCUT2D eigenvalue weighted by Gasteiger charge is -2.26. The molecule has 1 rings (SSSR count). The molecule has 0 saturated carbocycles. The highest BCUT2D eigenvalue weighted by Gasteiger charge is 2.36. The number of hydrogen-bond donors (Lipinski definition) is 0. The summed E-state index contributed by atoms with van der Waals surface area (Å²) in [5, 5.41) is 0. The van der Waals surface area contributed by atoms with Crippen LogP contribution in [0.3, 0.4) is 0 Å². The third-order valence-electron chi connectivity index (χ3n) is 1.92. The molecule has 0 atom stereocenters. The first-order valence-electron chi connectivity index (χ1n) is 3.43. The Morgan fingerprint density at radius 1 is 1.50 bits per heavy atom. The molecule has 1 heterocycles. The number of rotatable bonds is 1. The average molecular weight is 146 g/mol. The lowest BCUT2D eigenvalue weighted by Crippen LogP contribution is -2.38. The zero-order valence-electron chi connectivity index (χ0n) is 6.02. The van der Waals surface area contributed by atoms with Gasteiger partial charge in [-0.1, -0.05) is 0 Å². The van der Waals surface area contributed by atoms with Gasteiger partial charge in [0.25, 0.3) is 0 Å². The predicted octanol–water partition coefficient (Wildman–Crippen LogP) is 1.09. The van der Waals surface area contributed by atoms with Crippen molar-refractivity contribution in [2.45, 2.75) is 25.4 Å². The molecule has 0 bridgehead atoms. The van der Waals surface area contributed by atoms with Crippen molar-refractivity contribution in [2.75, 3.05) is 13.2 Å². The van der Waals surface area contributed by atoms with Crippen LogP contribution >= 0.6 is 0 Å². The molecule has 0 N–H and O–H groups in total. The van der Waals surface area contributed by atoms with Crippen LogP contribution in [0.4, 0.5) is 4.39 Å². The minimum absolute atomic E-state index is 0.225. The van der Waals surface area contributed by atoms with Gasteiger partial charge < -0.3 is 4.74 Å². The first-order chi connectivity index (χ1) is 4.65. The number of alkyl halides is 1. The van der Waals surface area contributed by atoms with Crippen molar-refractivity contribution in [3.63, 3.8) is 0 Å². The van der Waals surface area contributed by atoms with Gasteiger partial charge in [0.15, 0.2) is 11.5 Å². The molecule has 0 aromatic carbocycles. The second-order valence-corrected chi connectivity index (χ2v) is 2.63. The summed E-state index contributed by atoms with van der Waals surface area (Å²) in [5.74, 6) is -0.365. The van der Waals surface area contributed by atoms with Crippen LogP contribution in [0.2, 0.25) is 0 Å². The molecule has 2 nitrogen and oxygen atoms in total. The molecule has 58 valence electrons. The quantitative estimate of drug-likeness (QED) is 0.553. The van der Waals surface area contributed by atoms with Gasteiger partial charge in [0.2, 0.25) is 0 Å². The van der Waals surface area contributed by atoms with E-state index in [2.05, 4.69) is 0 Å². The predicted molar refractivity (Wildman–Crippen MR) is 34.6 cm³/mol. The van der Waals surface area contributed by atoms with Gasteiger partial charge in [0.1, 0.15) is 0 Å². The van der Waals surface area contributed by atoms with Gasteiger partial charge in [-0.05, 0) is 6.92 Å². The maximum atomic E-state index is 13.3. The van der Waals surface area contributed by atoms with Crippen molar-refractivity contribution in [1.29, 1.82) is 0 Å². The van der Waals surface area contributed by atoms with Crippen LogP contribution in [-0.2, 0) is 9.53 Å². The topological polar surface area (TPSA) is 26.3 Å². The van der Waals surface area contributed by atoms with Crippen molar-refractivity contribution in [2.24, 2.45) is 0 Å². The number of hydrogen-bond acceptors (Lipinski definition) is 2. The van der Waals surface area contributed by atoms with Crippen molar-refractivity contribution < 1.29 is 13.9 Å². The highest BCUT2D eigenvalue weighted by atomic mass is 19.1. The third-order valence-corrected chi connectivity index (χ3v) is 1.92. The molecule has 0 radical (unpaired) electrons. The second-order valence-electron chi connectivity index (χ2n) is 2.63. The Hall–Kier alpha value is -0.440. The van der Waals surface area contributed by atoms with E-state index in [9.17, 15) is 9.18 Å². The molecule has 0 aliphatic carbocycles. The smallest absolute Gasteiger partial charge is 0.172 e. The Balaban J connectivity index is 2.56. The molecular weight excluding hydrogens is 135 g/mol. The molecule has 0 aromatic heterocycles. The number of halogens is 1. The Morgan fingerprint density at radius 3 is 2.30 bits per heavy atom. The molecule has 10 heavy (non-hydrogen) atoms. The highest BCUT2D eigenvalue weighted by Crippen LogP contribution is 2.25. The molecule has 1 aliphatic heterocycles. The van der Waals surface area contributed by atoms with Gasteiger partial charge in [-0.25, -0.2) is 4.39 Å². The standard InChI is InChI=1S/C7H11FO2/c1-6(9)7(8)2-4-10-5-3-7/h2-5H2,1H3. The van der Waals surface area contributed by atoms with Crippen molar-refractivity contribution in [3.8, 4) is 0 Å². The van der Waals surface area contributed by atoms with Gasteiger partial charge in [-0.15, -0.1) is 0 Å². The largest absolute Gasteiger partial charge is 0.381 e. The number of ether oxygens (including phenoxy) is 1. The summed E-state index contributed by atoms with van der Waals surface area (Å²) in [6.07, 6.45) is 0.449. The summed E-state index contributed by atoms with van der Waals surface area (Å²) in [4.78, 5) is 10.7. The van der Waals surface area contributed by atoms with Gasteiger partial charge in [-0.3, -0.25) is 4.79 Å². The minimum Gasteiger partial charge on any atom is -0.381 e. The number of ketones is 1. The first kappa shape index (κ1) is 7.66. The molecule has 0 amide bonds. The Labute approximate surface area is 59.4 Å². The first-order valence-corrected chi connectivity index (χ1v) is 3.43. The van der Waals surface area contributed by atoms with E-state index in [0.717, 1.165) is 0 Å². The van der Waals surface area contributed by atoms with E-state index in [1.54, 1.807) is 0 Å². The zero-order valence-corrected chi connectivity index (χ0v) is 6.02. The summed E-state index contributed by atoms with van der Waals surface area (Å²) in [5.41, 5.74) is -1.59. The normalized spacial score (nSPS) is 24.2. The Bertz CT molecular complexity index is 139. The third kappa shape index (κ3) is 1.34. The molecule has 0 spiro atoms. The summed E-state index contributed by atoms with van der Waals surface area (Å²) < 4.78 is 18.2. The lowest BCUT2D eigenvalue weighted by molar-refractivity contribution is -0.134. The van der Waals surface area contributed by atoms with E-state index in [-0.39, 0.29) is 18.6 Å². The lowest BCUT2D eigenvalue weighted by atomic mass is 9.93. The fourth-order valence-corrected chi connectivity index (χ4v) is 1.05. The van der Waals surface area contributed by atoms with Gasteiger partial charge in [0, 0.05) is 12.8 Å². The fraction of sp³-hybridized carbons (Fsp3) is 0.857. The van der Waals surface area contributed by atoms with Crippen LogP contribution in [0, 0.1) is 0 Å². The van der Waals surface area contributed by atoms with E-state index >= 15 is 0 Å². The van der Waals surface area contributed by atoms with Crippen LogP contribution in [0.5, 0.6) is 0 Å². The van der Waals surface area contributed by atoms with E-state index in [4.69, 9.17) is 4.74 Å². The zero-order chi connectivity index (χ0) is 7.61. The maximum absolute atomic E-state index is 13.3. The highest BCUT2D eigenvalue weighted by molar-refractivity contribution is 5.84. The minimum atomic E-state index is -1.59. The molecule has 0 aromatic rings. The van der Waals surface area contributed by atoms with Gasteiger partial charge in [-0.2, -0.15) is 0 Å². The summed E-state index contributed by atoms with van der Waals surface area (Å²) in [6, 6.07) is 0.